The summed E-state index contributed by atoms with van der Waals surface area (Å²) in [6.45, 7) is 6.53. The molecule has 23 heavy (non-hydrogen) atoms. The number of carbonyl (C=O) groups is 3. The van der Waals surface area contributed by atoms with Gasteiger partial charge in [-0.05, 0) is 7.05 Å². The molecule has 1 N–H and O–H groups in total. The number of amides is 1. The molecule has 0 aromatic heterocycles. The van der Waals surface area contributed by atoms with E-state index in [9.17, 15) is 14.4 Å². The van der Waals surface area contributed by atoms with Crippen LogP contribution >= 0.6 is 0 Å². The lowest BCUT2D eigenvalue weighted by molar-refractivity contribution is -0.147. The lowest BCUT2D eigenvalue weighted by atomic mass is 10.1. The van der Waals surface area contributed by atoms with Crippen molar-refractivity contribution in [3.63, 3.8) is 0 Å². The van der Waals surface area contributed by atoms with Crippen LogP contribution in [0.1, 0.15) is 33.1 Å². The van der Waals surface area contributed by atoms with Crippen LogP contribution in [0.25, 0.3) is 0 Å². The zero-order valence-electron chi connectivity index (χ0n) is 14.5. The molecule has 0 spiro atoms. The van der Waals surface area contributed by atoms with Crippen LogP contribution in [0.5, 0.6) is 0 Å². The normalized spacial score (nSPS) is 18.7. The molecule has 0 aliphatic carbocycles. The number of nitrogens with one attached hydrogen (secondary N) is 1. The van der Waals surface area contributed by atoms with Crippen LogP contribution < -0.4 is 5.32 Å². The monoisotopic (exact) mass is 327 g/mol. The maximum absolute atomic E-state index is 12.2. The van der Waals surface area contributed by atoms with Crippen LogP contribution in [-0.4, -0.2) is 79.9 Å². The van der Waals surface area contributed by atoms with Crippen LogP contribution in [0.4, 0.5) is 0 Å². The standard InChI is InChI=1S/C16H29N3O4/c1-4-14(20)11-18-8-9-19(15(21)6-7-17-3)10-13(18)12-23-16(22)5-2/h13,17H,4-12H2,1-3H3. The number of ketones is 1. The third kappa shape index (κ3) is 6.66. The minimum atomic E-state index is -0.259. The average Bonchev–Trinajstić information content (AvgIpc) is 2.57. The van der Waals surface area contributed by atoms with Gasteiger partial charge in [0.15, 0.2) is 0 Å². The number of piperazine rings is 1. The van der Waals surface area contributed by atoms with Crippen molar-refractivity contribution in [1.29, 1.82) is 0 Å². The van der Waals surface area contributed by atoms with E-state index < -0.39 is 0 Å². The van der Waals surface area contributed by atoms with Crippen LogP contribution in [-0.2, 0) is 19.1 Å². The molecular formula is C16H29N3O4. The van der Waals surface area contributed by atoms with Gasteiger partial charge in [-0.3, -0.25) is 19.3 Å². The molecule has 0 bridgehead atoms. The molecule has 1 fully saturated rings. The van der Waals surface area contributed by atoms with E-state index in [1.807, 2.05) is 18.9 Å². The summed E-state index contributed by atoms with van der Waals surface area (Å²) in [6, 6.07) is -0.117. The maximum atomic E-state index is 12.2. The van der Waals surface area contributed by atoms with E-state index in [1.165, 1.54) is 0 Å². The number of esters is 1. The summed E-state index contributed by atoms with van der Waals surface area (Å²) < 4.78 is 5.24. The minimum absolute atomic E-state index is 0.0904. The second-order valence-electron chi connectivity index (χ2n) is 5.75. The molecule has 1 amide bonds. The van der Waals surface area contributed by atoms with Gasteiger partial charge in [-0.2, -0.15) is 0 Å². The van der Waals surface area contributed by atoms with Crippen molar-refractivity contribution in [3.8, 4) is 0 Å². The summed E-state index contributed by atoms with van der Waals surface area (Å²) in [4.78, 5) is 39.1. The van der Waals surface area contributed by atoms with E-state index in [-0.39, 0.29) is 30.3 Å². The van der Waals surface area contributed by atoms with Crippen molar-refractivity contribution in [1.82, 2.24) is 15.1 Å². The highest BCUT2D eigenvalue weighted by molar-refractivity contribution is 5.80. The van der Waals surface area contributed by atoms with Gasteiger partial charge in [0.1, 0.15) is 12.4 Å². The summed E-state index contributed by atoms with van der Waals surface area (Å²) in [5.41, 5.74) is 0. The first-order valence-corrected chi connectivity index (χ1v) is 8.35. The summed E-state index contributed by atoms with van der Waals surface area (Å²) in [5, 5.41) is 2.97. The SMILES string of the molecule is CCC(=O)CN1CCN(C(=O)CCNC)CC1COC(=O)CC. The minimum Gasteiger partial charge on any atom is -0.464 e. The number of nitrogens with zero attached hydrogens (tertiary/aromatic N) is 2. The van der Waals surface area contributed by atoms with Crippen molar-refractivity contribution in [3.05, 3.63) is 0 Å². The topological polar surface area (TPSA) is 79.0 Å². The number of carbonyl (C=O) groups excluding carboxylic acids is 3. The van der Waals surface area contributed by atoms with E-state index in [1.54, 1.807) is 11.8 Å². The predicted octanol–water partition coefficient (Wildman–Crippen LogP) is 0.0410. The molecule has 0 radical (unpaired) electrons. The van der Waals surface area contributed by atoms with Gasteiger partial charge in [-0.25, -0.2) is 0 Å². The number of Topliss-reactive ketones (excluding diaryl/α,β-unsaturated/α-hetero) is 1. The highest BCUT2D eigenvalue weighted by atomic mass is 16.5. The summed E-state index contributed by atoms with van der Waals surface area (Å²) in [5.74, 6) is -0.00943. The van der Waals surface area contributed by atoms with E-state index in [0.29, 0.717) is 52.0 Å². The van der Waals surface area contributed by atoms with E-state index in [0.717, 1.165) is 0 Å². The molecule has 1 rings (SSSR count). The van der Waals surface area contributed by atoms with Gasteiger partial charge in [0.2, 0.25) is 5.91 Å². The molecule has 0 saturated carbocycles. The molecule has 1 aliphatic heterocycles. The second kappa shape index (κ2) is 10.3. The van der Waals surface area contributed by atoms with Gasteiger partial charge in [0.25, 0.3) is 0 Å². The summed E-state index contributed by atoms with van der Waals surface area (Å²) in [6.07, 6.45) is 1.26. The van der Waals surface area contributed by atoms with Gasteiger partial charge in [-0.15, -0.1) is 0 Å². The van der Waals surface area contributed by atoms with Crippen molar-refractivity contribution >= 4 is 17.7 Å². The third-order valence-electron chi connectivity index (χ3n) is 4.05. The predicted molar refractivity (Wildman–Crippen MR) is 87.0 cm³/mol. The van der Waals surface area contributed by atoms with Gasteiger partial charge in [-0.1, -0.05) is 13.8 Å². The van der Waals surface area contributed by atoms with Crippen molar-refractivity contribution in [2.24, 2.45) is 0 Å². The van der Waals surface area contributed by atoms with E-state index in [2.05, 4.69) is 5.32 Å². The number of hydrogen-bond donors (Lipinski definition) is 1. The van der Waals surface area contributed by atoms with Crippen LogP contribution in [0.3, 0.4) is 0 Å². The number of hydrogen-bond acceptors (Lipinski definition) is 6. The second-order valence-corrected chi connectivity index (χ2v) is 5.75. The van der Waals surface area contributed by atoms with Crippen molar-refractivity contribution < 1.29 is 19.1 Å². The Kier molecular flexibility index (Phi) is 8.79. The highest BCUT2D eigenvalue weighted by Gasteiger charge is 2.30. The van der Waals surface area contributed by atoms with Gasteiger partial charge in [0, 0.05) is 45.4 Å². The number of ether oxygens (including phenoxy) is 1. The smallest absolute Gasteiger partial charge is 0.305 e. The molecule has 1 heterocycles. The first-order chi connectivity index (χ1) is 11.0. The molecule has 1 saturated heterocycles. The van der Waals surface area contributed by atoms with Gasteiger partial charge >= 0.3 is 5.97 Å². The Morgan fingerprint density at radius 2 is 1.91 bits per heavy atom. The quantitative estimate of drug-likeness (QED) is 0.603. The first-order valence-electron chi connectivity index (χ1n) is 8.35. The lowest BCUT2D eigenvalue weighted by Gasteiger charge is -2.40. The zero-order chi connectivity index (χ0) is 17.2. The molecule has 1 atom stereocenters. The fraction of sp³-hybridized carbons (Fsp3) is 0.812. The zero-order valence-corrected chi connectivity index (χ0v) is 14.5. The first kappa shape index (κ1) is 19.6. The fourth-order valence-corrected chi connectivity index (χ4v) is 2.51. The molecule has 7 nitrogen and oxygen atoms in total. The average molecular weight is 327 g/mol. The van der Waals surface area contributed by atoms with E-state index >= 15 is 0 Å². The summed E-state index contributed by atoms with van der Waals surface area (Å²) in [7, 11) is 1.81. The Hall–Kier alpha value is -1.47. The Balaban J connectivity index is 2.64. The van der Waals surface area contributed by atoms with Gasteiger partial charge in [0.05, 0.1) is 12.6 Å². The Morgan fingerprint density at radius 1 is 1.17 bits per heavy atom. The highest BCUT2D eigenvalue weighted by Crippen LogP contribution is 2.12. The molecule has 1 unspecified atom stereocenters. The van der Waals surface area contributed by atoms with Gasteiger partial charge < -0.3 is 15.0 Å². The van der Waals surface area contributed by atoms with Crippen molar-refractivity contribution in [2.45, 2.75) is 39.2 Å². The maximum Gasteiger partial charge on any atom is 0.305 e. The summed E-state index contributed by atoms with van der Waals surface area (Å²) >= 11 is 0. The largest absolute Gasteiger partial charge is 0.464 e. The van der Waals surface area contributed by atoms with E-state index in [4.69, 9.17) is 4.74 Å². The molecule has 0 aromatic carbocycles. The fourth-order valence-electron chi connectivity index (χ4n) is 2.51. The molecule has 132 valence electrons. The molecule has 7 heteroatoms. The lowest BCUT2D eigenvalue weighted by Crippen LogP contribution is -2.57. The Morgan fingerprint density at radius 3 is 2.52 bits per heavy atom. The molecule has 1 aliphatic rings. The number of rotatable bonds is 9. The Labute approximate surface area is 138 Å². The molecule has 0 aromatic rings. The molecular weight excluding hydrogens is 298 g/mol. The van der Waals surface area contributed by atoms with Crippen LogP contribution in [0.2, 0.25) is 0 Å². The van der Waals surface area contributed by atoms with Crippen LogP contribution in [0.15, 0.2) is 0 Å². The van der Waals surface area contributed by atoms with Crippen LogP contribution in [0, 0.1) is 0 Å². The third-order valence-corrected chi connectivity index (χ3v) is 4.05. The van der Waals surface area contributed by atoms with Crippen molar-refractivity contribution in [2.75, 3.05) is 46.4 Å². The Bertz CT molecular complexity index is 414.